The molecule has 1 aromatic carbocycles. The van der Waals surface area contributed by atoms with Gasteiger partial charge in [-0.05, 0) is 68.5 Å². The average Bonchev–Trinajstić information content (AvgIpc) is 2.74. The fraction of sp³-hybridized carbons (Fsp3) is 0.476. The van der Waals surface area contributed by atoms with E-state index in [1.54, 1.807) is 5.56 Å². The van der Waals surface area contributed by atoms with Crippen LogP contribution in [0.4, 0.5) is 5.69 Å². The summed E-state index contributed by atoms with van der Waals surface area (Å²) in [4.78, 5) is 6.99. The minimum Gasteiger partial charge on any atom is -0.367 e. The third-order valence-corrected chi connectivity index (χ3v) is 5.74. The fourth-order valence-electron chi connectivity index (χ4n) is 4.42. The van der Waals surface area contributed by atoms with Gasteiger partial charge in [-0.3, -0.25) is 4.98 Å². The highest BCUT2D eigenvalue weighted by molar-refractivity contribution is 5.63. The second kappa shape index (κ2) is 6.56. The number of benzene rings is 1. The Kier molecular flexibility index (Phi) is 4.28. The zero-order valence-electron chi connectivity index (χ0n) is 14.8. The van der Waals surface area contributed by atoms with Crippen molar-refractivity contribution < 1.29 is 0 Å². The maximum Gasteiger partial charge on any atom is 0.0405 e. The van der Waals surface area contributed by atoms with E-state index in [0.717, 1.165) is 26.1 Å². The highest BCUT2D eigenvalue weighted by Gasteiger charge is 2.38. The van der Waals surface area contributed by atoms with Gasteiger partial charge in [-0.25, -0.2) is 0 Å². The second-order valence-electron chi connectivity index (χ2n) is 7.33. The van der Waals surface area contributed by atoms with E-state index in [2.05, 4.69) is 53.3 Å². The molecule has 2 unspecified atom stereocenters. The molecule has 0 spiro atoms. The summed E-state index contributed by atoms with van der Waals surface area (Å²) in [7, 11) is 0. The number of nitrogens with zero attached hydrogens (tertiary/aromatic N) is 2. The van der Waals surface area contributed by atoms with E-state index >= 15 is 0 Å². The first-order valence-corrected chi connectivity index (χ1v) is 9.21. The number of pyridine rings is 1. The maximum atomic E-state index is 4.31. The van der Waals surface area contributed by atoms with Crippen LogP contribution in [0.3, 0.4) is 0 Å². The van der Waals surface area contributed by atoms with E-state index in [0.29, 0.717) is 12.0 Å². The van der Waals surface area contributed by atoms with Crippen molar-refractivity contribution >= 4 is 5.69 Å². The molecule has 0 aliphatic carbocycles. The SMILES string of the molecule is Cc1ccc2c(c1)C1CNCCCC1N2CCc1cnccc1C. The van der Waals surface area contributed by atoms with Gasteiger partial charge in [0, 0.05) is 43.1 Å². The van der Waals surface area contributed by atoms with Crippen molar-refractivity contribution in [2.75, 3.05) is 24.5 Å². The first-order chi connectivity index (χ1) is 11.7. The number of rotatable bonds is 3. The van der Waals surface area contributed by atoms with Crippen molar-refractivity contribution in [3.8, 4) is 0 Å². The Bertz CT molecular complexity index is 725. The highest BCUT2D eigenvalue weighted by Crippen LogP contribution is 2.43. The summed E-state index contributed by atoms with van der Waals surface area (Å²) in [5.74, 6) is 0.636. The monoisotopic (exact) mass is 321 g/mol. The molecule has 2 atom stereocenters. The minimum atomic E-state index is 0.636. The van der Waals surface area contributed by atoms with Gasteiger partial charge < -0.3 is 10.2 Å². The van der Waals surface area contributed by atoms with Crippen molar-refractivity contribution in [3.63, 3.8) is 0 Å². The number of hydrogen-bond donors (Lipinski definition) is 1. The molecule has 1 saturated heterocycles. The lowest BCUT2D eigenvalue weighted by Crippen LogP contribution is -2.36. The molecule has 4 rings (SSSR count). The van der Waals surface area contributed by atoms with Crippen LogP contribution in [-0.4, -0.2) is 30.7 Å². The summed E-state index contributed by atoms with van der Waals surface area (Å²) in [6.45, 7) is 7.76. The molecule has 24 heavy (non-hydrogen) atoms. The fourth-order valence-corrected chi connectivity index (χ4v) is 4.42. The van der Waals surface area contributed by atoms with Crippen molar-refractivity contribution in [2.45, 2.75) is 45.1 Å². The normalized spacial score (nSPS) is 22.8. The predicted molar refractivity (Wildman–Crippen MR) is 99.8 cm³/mol. The number of anilines is 1. The van der Waals surface area contributed by atoms with Gasteiger partial charge in [0.2, 0.25) is 0 Å². The molecule has 2 aromatic rings. The smallest absolute Gasteiger partial charge is 0.0405 e. The molecule has 2 aliphatic rings. The lowest BCUT2D eigenvalue weighted by atomic mass is 9.92. The molecule has 0 bridgehead atoms. The topological polar surface area (TPSA) is 28.2 Å². The van der Waals surface area contributed by atoms with Gasteiger partial charge in [0.1, 0.15) is 0 Å². The van der Waals surface area contributed by atoms with Crippen molar-refractivity contribution in [3.05, 3.63) is 58.9 Å². The van der Waals surface area contributed by atoms with E-state index in [4.69, 9.17) is 0 Å². The first-order valence-electron chi connectivity index (χ1n) is 9.21. The van der Waals surface area contributed by atoms with E-state index < -0.39 is 0 Å². The van der Waals surface area contributed by atoms with Crippen LogP contribution in [-0.2, 0) is 6.42 Å². The molecule has 3 heteroatoms. The van der Waals surface area contributed by atoms with Crippen LogP contribution >= 0.6 is 0 Å². The molecule has 1 N–H and O–H groups in total. The van der Waals surface area contributed by atoms with E-state index in [1.807, 2.05) is 12.4 Å². The predicted octanol–water partition coefficient (Wildman–Crippen LogP) is 3.60. The number of hydrogen-bond acceptors (Lipinski definition) is 3. The zero-order chi connectivity index (χ0) is 16.5. The Morgan fingerprint density at radius 1 is 1.25 bits per heavy atom. The molecule has 0 amide bonds. The largest absolute Gasteiger partial charge is 0.367 e. The highest BCUT2D eigenvalue weighted by atomic mass is 15.2. The van der Waals surface area contributed by atoms with E-state index in [-0.39, 0.29) is 0 Å². The van der Waals surface area contributed by atoms with Gasteiger partial charge >= 0.3 is 0 Å². The maximum absolute atomic E-state index is 4.31. The number of fused-ring (bicyclic) bond motifs is 3. The lowest BCUT2D eigenvalue weighted by molar-refractivity contribution is 0.512. The summed E-state index contributed by atoms with van der Waals surface area (Å²) in [5.41, 5.74) is 7.12. The molecule has 2 aliphatic heterocycles. The lowest BCUT2D eigenvalue weighted by Gasteiger charge is -2.29. The summed E-state index contributed by atoms with van der Waals surface area (Å²) in [6.07, 6.45) is 7.56. The quantitative estimate of drug-likeness (QED) is 0.936. The molecule has 1 aromatic heterocycles. The summed E-state index contributed by atoms with van der Waals surface area (Å²) in [6, 6.07) is 9.79. The Morgan fingerprint density at radius 3 is 3.04 bits per heavy atom. The van der Waals surface area contributed by atoms with Crippen LogP contribution in [0, 0.1) is 13.8 Å². The minimum absolute atomic E-state index is 0.636. The van der Waals surface area contributed by atoms with E-state index in [9.17, 15) is 0 Å². The van der Waals surface area contributed by atoms with Crippen LogP contribution in [0.1, 0.15) is 41.0 Å². The number of aryl methyl sites for hydroxylation is 2. The van der Waals surface area contributed by atoms with E-state index in [1.165, 1.54) is 35.2 Å². The van der Waals surface area contributed by atoms with Gasteiger partial charge in [0.25, 0.3) is 0 Å². The van der Waals surface area contributed by atoms with Crippen molar-refractivity contribution in [1.29, 1.82) is 0 Å². The Morgan fingerprint density at radius 2 is 2.17 bits per heavy atom. The van der Waals surface area contributed by atoms with Gasteiger partial charge in [0.05, 0.1) is 0 Å². The Labute approximate surface area is 145 Å². The molecular weight excluding hydrogens is 294 g/mol. The van der Waals surface area contributed by atoms with Gasteiger partial charge in [-0.2, -0.15) is 0 Å². The van der Waals surface area contributed by atoms with Gasteiger partial charge in [-0.15, -0.1) is 0 Å². The van der Waals surface area contributed by atoms with Crippen molar-refractivity contribution in [2.24, 2.45) is 0 Å². The standard InChI is InChI=1S/C21H27N3/c1-15-5-6-21-18(12-15)19-14-22-9-3-4-20(19)24(21)11-8-17-13-23-10-7-16(17)2/h5-7,10,12-13,19-20,22H,3-4,8-9,11,14H2,1-2H3. The molecule has 0 radical (unpaired) electrons. The van der Waals surface area contributed by atoms with Crippen LogP contribution in [0.25, 0.3) is 0 Å². The molecule has 3 heterocycles. The molecule has 126 valence electrons. The van der Waals surface area contributed by atoms with Crippen LogP contribution in [0.5, 0.6) is 0 Å². The van der Waals surface area contributed by atoms with Crippen LogP contribution < -0.4 is 10.2 Å². The van der Waals surface area contributed by atoms with Gasteiger partial charge in [-0.1, -0.05) is 17.7 Å². The molecule has 1 fully saturated rings. The Balaban J connectivity index is 1.62. The summed E-state index contributed by atoms with van der Waals surface area (Å²) >= 11 is 0. The van der Waals surface area contributed by atoms with Crippen LogP contribution in [0.15, 0.2) is 36.7 Å². The second-order valence-corrected chi connectivity index (χ2v) is 7.33. The van der Waals surface area contributed by atoms with Gasteiger partial charge in [0.15, 0.2) is 0 Å². The summed E-state index contributed by atoms with van der Waals surface area (Å²) in [5, 5.41) is 3.65. The average molecular weight is 321 g/mol. The van der Waals surface area contributed by atoms with Crippen LogP contribution in [0.2, 0.25) is 0 Å². The number of nitrogens with one attached hydrogen (secondary N) is 1. The zero-order valence-corrected chi connectivity index (χ0v) is 14.8. The summed E-state index contributed by atoms with van der Waals surface area (Å²) < 4.78 is 0. The molecule has 0 saturated carbocycles. The third-order valence-electron chi connectivity index (χ3n) is 5.74. The molecular formula is C21H27N3. The Hall–Kier alpha value is -1.87. The third kappa shape index (κ3) is 2.82. The molecule has 3 nitrogen and oxygen atoms in total. The number of aromatic nitrogens is 1. The van der Waals surface area contributed by atoms with Crippen molar-refractivity contribution in [1.82, 2.24) is 10.3 Å². The first kappa shape index (κ1) is 15.6.